The number of hydrogen-bond donors (Lipinski definition) is 0. The molecule has 0 radical (unpaired) electrons. The van der Waals surface area contributed by atoms with Gasteiger partial charge in [-0.05, 0) is 31.9 Å². The maximum atomic E-state index is 13.2. The normalized spacial score (nSPS) is 15.8. The van der Waals surface area contributed by atoms with Crippen molar-refractivity contribution in [1.29, 1.82) is 0 Å². The number of amides is 1. The average Bonchev–Trinajstić information content (AvgIpc) is 3.23. The van der Waals surface area contributed by atoms with Crippen molar-refractivity contribution in [3.8, 4) is 11.3 Å². The van der Waals surface area contributed by atoms with Crippen LogP contribution in [0.2, 0.25) is 10.0 Å². The Morgan fingerprint density at radius 1 is 1.33 bits per heavy atom. The van der Waals surface area contributed by atoms with Gasteiger partial charge in [0, 0.05) is 36.5 Å². The molecular formula is C20H23Cl2N3O3S2. The SMILES string of the molecule is C=CCN(C(=O)C1CCN(S(=O)(=O)CC)CC1)c1nc(-c2ccc(Cl)c(Cl)c2)cs1. The molecule has 0 N–H and O–H groups in total. The number of benzene rings is 1. The van der Waals surface area contributed by atoms with E-state index in [4.69, 9.17) is 23.2 Å². The highest BCUT2D eigenvalue weighted by Gasteiger charge is 2.33. The lowest BCUT2D eigenvalue weighted by atomic mass is 9.96. The minimum atomic E-state index is -3.23. The Labute approximate surface area is 191 Å². The van der Waals surface area contributed by atoms with Crippen LogP contribution in [0.1, 0.15) is 19.8 Å². The maximum Gasteiger partial charge on any atom is 0.232 e. The lowest BCUT2D eigenvalue weighted by molar-refractivity contribution is -0.123. The quantitative estimate of drug-likeness (QED) is 0.530. The Hall–Kier alpha value is -1.45. The van der Waals surface area contributed by atoms with Crippen molar-refractivity contribution in [2.24, 2.45) is 5.92 Å². The van der Waals surface area contributed by atoms with Gasteiger partial charge in [-0.2, -0.15) is 0 Å². The highest BCUT2D eigenvalue weighted by molar-refractivity contribution is 7.89. The number of aromatic nitrogens is 1. The molecular weight excluding hydrogens is 465 g/mol. The largest absolute Gasteiger partial charge is 0.284 e. The van der Waals surface area contributed by atoms with Crippen LogP contribution in [0.4, 0.5) is 5.13 Å². The summed E-state index contributed by atoms with van der Waals surface area (Å²) >= 11 is 13.5. The van der Waals surface area contributed by atoms with Crippen LogP contribution in [0.5, 0.6) is 0 Å². The molecule has 30 heavy (non-hydrogen) atoms. The summed E-state index contributed by atoms with van der Waals surface area (Å²) in [7, 11) is -3.23. The average molecular weight is 488 g/mol. The van der Waals surface area contributed by atoms with E-state index in [-0.39, 0.29) is 17.6 Å². The molecule has 1 saturated heterocycles. The second-order valence-corrected chi connectivity index (χ2v) is 10.9. The number of nitrogens with zero attached hydrogens (tertiary/aromatic N) is 3. The summed E-state index contributed by atoms with van der Waals surface area (Å²) in [6.07, 6.45) is 2.66. The summed E-state index contributed by atoms with van der Waals surface area (Å²) in [5, 5.41) is 3.35. The molecule has 10 heteroatoms. The smallest absolute Gasteiger partial charge is 0.232 e. The van der Waals surface area contributed by atoms with Crippen molar-refractivity contribution < 1.29 is 13.2 Å². The summed E-state index contributed by atoms with van der Waals surface area (Å²) in [6.45, 7) is 6.45. The van der Waals surface area contributed by atoms with Crippen LogP contribution < -0.4 is 4.90 Å². The Morgan fingerprint density at radius 3 is 2.63 bits per heavy atom. The maximum absolute atomic E-state index is 13.2. The van der Waals surface area contributed by atoms with E-state index in [0.29, 0.717) is 53.3 Å². The summed E-state index contributed by atoms with van der Waals surface area (Å²) < 4.78 is 25.6. The summed E-state index contributed by atoms with van der Waals surface area (Å²) in [5.41, 5.74) is 1.52. The van der Waals surface area contributed by atoms with Crippen molar-refractivity contribution in [3.05, 3.63) is 46.3 Å². The van der Waals surface area contributed by atoms with E-state index >= 15 is 0 Å². The second-order valence-electron chi connectivity index (χ2n) is 6.96. The van der Waals surface area contributed by atoms with Gasteiger partial charge in [0.1, 0.15) is 0 Å². The predicted octanol–water partition coefficient (Wildman–Crippen LogP) is 4.70. The van der Waals surface area contributed by atoms with Gasteiger partial charge in [0.15, 0.2) is 5.13 Å². The molecule has 0 aliphatic carbocycles. The van der Waals surface area contributed by atoms with E-state index in [1.807, 2.05) is 11.4 Å². The van der Waals surface area contributed by atoms with Crippen LogP contribution in [0.25, 0.3) is 11.3 Å². The summed E-state index contributed by atoms with van der Waals surface area (Å²) in [5.74, 6) is -0.228. The molecule has 0 saturated carbocycles. The first-order valence-electron chi connectivity index (χ1n) is 9.58. The van der Waals surface area contributed by atoms with Gasteiger partial charge in [0.2, 0.25) is 15.9 Å². The Balaban J connectivity index is 1.76. The molecule has 3 rings (SSSR count). The molecule has 1 aromatic carbocycles. The molecule has 0 unspecified atom stereocenters. The molecule has 0 spiro atoms. The molecule has 0 atom stereocenters. The zero-order chi connectivity index (χ0) is 21.9. The zero-order valence-corrected chi connectivity index (χ0v) is 19.7. The van der Waals surface area contributed by atoms with Gasteiger partial charge in [0.25, 0.3) is 0 Å². The molecule has 2 aromatic rings. The molecule has 1 aliphatic heterocycles. The number of halogens is 2. The third-order valence-electron chi connectivity index (χ3n) is 5.08. The third-order valence-corrected chi connectivity index (χ3v) is 8.56. The number of thiazole rings is 1. The first kappa shape index (κ1) is 23.2. The molecule has 0 bridgehead atoms. The highest BCUT2D eigenvalue weighted by atomic mass is 35.5. The van der Waals surface area contributed by atoms with Crippen molar-refractivity contribution in [2.75, 3.05) is 30.3 Å². The van der Waals surface area contributed by atoms with E-state index in [9.17, 15) is 13.2 Å². The number of carbonyl (C=O) groups is 1. The fourth-order valence-corrected chi connectivity index (χ4v) is 5.63. The van der Waals surface area contributed by atoms with Crippen molar-refractivity contribution in [1.82, 2.24) is 9.29 Å². The summed E-state index contributed by atoms with van der Waals surface area (Å²) in [6, 6.07) is 5.28. The second kappa shape index (κ2) is 9.78. The van der Waals surface area contributed by atoms with Crippen molar-refractivity contribution in [2.45, 2.75) is 19.8 Å². The first-order chi connectivity index (χ1) is 14.3. The van der Waals surface area contributed by atoms with E-state index in [1.54, 1.807) is 30.0 Å². The van der Waals surface area contributed by atoms with Crippen molar-refractivity contribution in [3.63, 3.8) is 0 Å². The van der Waals surface area contributed by atoms with E-state index in [2.05, 4.69) is 11.6 Å². The Morgan fingerprint density at radius 2 is 2.03 bits per heavy atom. The molecule has 162 valence electrons. The van der Waals surface area contributed by atoms with Gasteiger partial charge in [0.05, 0.1) is 21.5 Å². The van der Waals surface area contributed by atoms with Crippen LogP contribution >= 0.6 is 34.5 Å². The first-order valence-corrected chi connectivity index (χ1v) is 12.8. The van der Waals surface area contributed by atoms with Gasteiger partial charge in [-0.1, -0.05) is 35.3 Å². The molecule has 1 aromatic heterocycles. The Bertz CT molecular complexity index is 1030. The van der Waals surface area contributed by atoms with Crippen LogP contribution in [0, 0.1) is 5.92 Å². The molecule has 1 aliphatic rings. The molecule has 1 fully saturated rings. The number of sulfonamides is 1. The van der Waals surface area contributed by atoms with Crippen LogP contribution in [-0.2, 0) is 14.8 Å². The lowest BCUT2D eigenvalue weighted by Crippen LogP contribution is -2.45. The minimum Gasteiger partial charge on any atom is -0.284 e. The lowest BCUT2D eigenvalue weighted by Gasteiger charge is -2.32. The van der Waals surface area contributed by atoms with Gasteiger partial charge >= 0.3 is 0 Å². The van der Waals surface area contributed by atoms with E-state index in [0.717, 1.165) is 5.56 Å². The monoisotopic (exact) mass is 487 g/mol. The number of hydrogen-bond acceptors (Lipinski definition) is 5. The van der Waals surface area contributed by atoms with Gasteiger partial charge in [-0.3, -0.25) is 9.69 Å². The standard InChI is InChI=1S/C20H23Cl2N3O3S2/c1-3-9-25(19(26)14-7-10-24(11-8-14)30(27,28)4-2)20-23-18(13-29-20)15-5-6-16(21)17(22)12-15/h3,5-6,12-14H,1,4,7-11H2,2H3. The topological polar surface area (TPSA) is 70.6 Å². The highest BCUT2D eigenvalue weighted by Crippen LogP contribution is 2.33. The van der Waals surface area contributed by atoms with Crippen LogP contribution in [0.3, 0.4) is 0 Å². The van der Waals surface area contributed by atoms with Gasteiger partial charge in [-0.25, -0.2) is 17.7 Å². The summed E-state index contributed by atoms with van der Waals surface area (Å²) in [4.78, 5) is 19.4. The third kappa shape index (κ3) is 5.06. The van der Waals surface area contributed by atoms with E-state index < -0.39 is 10.0 Å². The van der Waals surface area contributed by atoms with Gasteiger partial charge < -0.3 is 0 Å². The number of rotatable bonds is 7. The number of carbonyl (C=O) groups excluding carboxylic acids is 1. The molecule has 1 amide bonds. The van der Waals surface area contributed by atoms with E-state index in [1.165, 1.54) is 15.6 Å². The molecule has 2 heterocycles. The Kier molecular flexibility index (Phi) is 7.57. The molecule has 6 nitrogen and oxygen atoms in total. The van der Waals surface area contributed by atoms with Crippen molar-refractivity contribution >= 4 is 55.6 Å². The fraction of sp³-hybridized carbons (Fsp3) is 0.400. The van der Waals surface area contributed by atoms with Crippen LogP contribution in [0.15, 0.2) is 36.2 Å². The predicted molar refractivity (Wildman–Crippen MR) is 124 cm³/mol. The zero-order valence-electron chi connectivity index (χ0n) is 16.6. The van der Waals surface area contributed by atoms with Gasteiger partial charge in [-0.15, -0.1) is 17.9 Å². The fourth-order valence-electron chi connectivity index (χ4n) is 3.35. The minimum absolute atomic E-state index is 0.0570. The van der Waals surface area contributed by atoms with Crippen LogP contribution in [-0.4, -0.2) is 49.0 Å². The number of piperidine rings is 1. The number of anilines is 1.